The van der Waals surface area contributed by atoms with Gasteiger partial charge in [-0.05, 0) is 37.1 Å². The summed E-state index contributed by atoms with van der Waals surface area (Å²) in [7, 11) is 1.97. The van der Waals surface area contributed by atoms with Gasteiger partial charge in [0, 0.05) is 18.5 Å². The lowest BCUT2D eigenvalue weighted by Gasteiger charge is -2.07. The van der Waals surface area contributed by atoms with Crippen LogP contribution in [0.2, 0.25) is 0 Å². The second-order valence-corrected chi connectivity index (χ2v) is 5.22. The van der Waals surface area contributed by atoms with E-state index in [1.165, 1.54) is 16.0 Å². The molecule has 1 aromatic carbocycles. The van der Waals surface area contributed by atoms with E-state index < -0.39 is 0 Å². The summed E-state index contributed by atoms with van der Waals surface area (Å²) < 4.78 is 1.91. The average molecular weight is 247 g/mol. The van der Waals surface area contributed by atoms with E-state index in [4.69, 9.17) is 5.73 Å². The molecule has 1 aromatic heterocycles. The number of nitrogens with two attached hydrogens (primary N) is 1. The van der Waals surface area contributed by atoms with Gasteiger partial charge in [0.1, 0.15) is 0 Å². The Labute approximate surface area is 106 Å². The Kier molecular flexibility index (Phi) is 3.54. The highest BCUT2D eigenvalue weighted by Gasteiger charge is 2.06. The fourth-order valence-corrected chi connectivity index (χ4v) is 2.73. The minimum Gasteiger partial charge on any atom is -0.326 e. The van der Waals surface area contributed by atoms with E-state index in [9.17, 15) is 0 Å². The number of aromatic nitrogens is 2. The first-order valence-electron chi connectivity index (χ1n) is 5.58. The van der Waals surface area contributed by atoms with Crippen LogP contribution in [0.1, 0.15) is 16.8 Å². The lowest BCUT2D eigenvalue weighted by atomic mass is 10.1. The van der Waals surface area contributed by atoms with E-state index in [0.717, 1.165) is 10.7 Å². The van der Waals surface area contributed by atoms with E-state index in [1.54, 1.807) is 11.8 Å². The molecule has 0 aliphatic heterocycles. The van der Waals surface area contributed by atoms with Gasteiger partial charge < -0.3 is 5.73 Å². The van der Waals surface area contributed by atoms with Gasteiger partial charge in [0.15, 0.2) is 0 Å². The molecule has 3 nitrogen and oxygen atoms in total. The molecular formula is C13H17N3S. The van der Waals surface area contributed by atoms with Crippen molar-refractivity contribution in [2.24, 2.45) is 12.8 Å². The van der Waals surface area contributed by atoms with Crippen LogP contribution < -0.4 is 5.73 Å². The summed E-state index contributed by atoms with van der Waals surface area (Å²) in [5.74, 6) is 0. The first-order valence-corrected chi connectivity index (χ1v) is 6.40. The number of hydrogen-bond donors (Lipinski definition) is 1. The molecule has 0 atom stereocenters. The van der Waals surface area contributed by atoms with E-state index in [-0.39, 0.29) is 0 Å². The van der Waals surface area contributed by atoms with Crippen molar-refractivity contribution < 1.29 is 0 Å². The predicted octanol–water partition coefficient (Wildman–Crippen LogP) is 2.65. The Morgan fingerprint density at radius 3 is 2.59 bits per heavy atom. The first kappa shape index (κ1) is 12.2. The molecule has 0 spiro atoms. The lowest BCUT2D eigenvalue weighted by molar-refractivity contribution is 0.692. The highest BCUT2D eigenvalue weighted by atomic mass is 32.2. The van der Waals surface area contributed by atoms with Gasteiger partial charge in [0.05, 0.1) is 10.7 Å². The fraction of sp³-hybridized carbons (Fsp3) is 0.308. The Morgan fingerprint density at radius 2 is 2.06 bits per heavy atom. The van der Waals surface area contributed by atoms with Crippen molar-refractivity contribution in [3.63, 3.8) is 0 Å². The maximum Gasteiger partial charge on any atom is 0.0987 e. The van der Waals surface area contributed by atoms with Gasteiger partial charge in [-0.15, -0.1) is 0 Å². The SMILES string of the molecule is Cc1cc(Sc2ccc(CN)cc2C)n(C)n1. The minimum atomic E-state index is 0.594. The Balaban J connectivity index is 2.27. The fourth-order valence-electron chi connectivity index (χ4n) is 1.75. The molecule has 0 aliphatic carbocycles. The summed E-state index contributed by atoms with van der Waals surface area (Å²) in [6.45, 7) is 4.72. The molecule has 17 heavy (non-hydrogen) atoms. The minimum absolute atomic E-state index is 0.594. The summed E-state index contributed by atoms with van der Waals surface area (Å²) in [4.78, 5) is 1.25. The van der Waals surface area contributed by atoms with Gasteiger partial charge in [-0.1, -0.05) is 23.9 Å². The van der Waals surface area contributed by atoms with Gasteiger partial charge in [-0.3, -0.25) is 4.68 Å². The van der Waals surface area contributed by atoms with Crippen LogP contribution >= 0.6 is 11.8 Å². The van der Waals surface area contributed by atoms with Crippen LogP contribution in [0.15, 0.2) is 34.2 Å². The molecule has 0 bridgehead atoms. The molecule has 4 heteroatoms. The van der Waals surface area contributed by atoms with Crippen molar-refractivity contribution >= 4 is 11.8 Å². The van der Waals surface area contributed by atoms with Gasteiger partial charge in [0.2, 0.25) is 0 Å². The third kappa shape index (κ3) is 2.70. The standard InChI is InChI=1S/C13H17N3S/c1-9-6-11(8-14)4-5-12(9)17-13-7-10(2)15-16(13)3/h4-7H,8,14H2,1-3H3. The molecule has 0 radical (unpaired) electrons. The first-order chi connectivity index (χ1) is 8.10. The third-order valence-corrected chi connectivity index (χ3v) is 3.92. The zero-order valence-electron chi connectivity index (χ0n) is 10.4. The van der Waals surface area contributed by atoms with Crippen LogP contribution in [-0.4, -0.2) is 9.78 Å². The quantitative estimate of drug-likeness (QED) is 0.906. The molecule has 0 fully saturated rings. The molecule has 0 amide bonds. The van der Waals surface area contributed by atoms with Crippen molar-refractivity contribution in [3.05, 3.63) is 41.1 Å². The molecular weight excluding hydrogens is 230 g/mol. The van der Waals surface area contributed by atoms with E-state index in [1.807, 2.05) is 18.7 Å². The van der Waals surface area contributed by atoms with Gasteiger partial charge in [-0.25, -0.2) is 0 Å². The lowest BCUT2D eigenvalue weighted by Crippen LogP contribution is -1.97. The number of hydrogen-bond acceptors (Lipinski definition) is 3. The van der Waals surface area contributed by atoms with Crippen molar-refractivity contribution in [3.8, 4) is 0 Å². The molecule has 0 saturated heterocycles. The molecule has 0 unspecified atom stereocenters. The van der Waals surface area contributed by atoms with E-state index >= 15 is 0 Å². The van der Waals surface area contributed by atoms with E-state index in [2.05, 4.69) is 36.3 Å². The summed E-state index contributed by atoms with van der Waals surface area (Å²) >= 11 is 1.74. The summed E-state index contributed by atoms with van der Waals surface area (Å²) in [6, 6.07) is 8.45. The second-order valence-electron chi connectivity index (χ2n) is 4.15. The summed E-state index contributed by atoms with van der Waals surface area (Å²) in [5, 5.41) is 5.50. The van der Waals surface area contributed by atoms with Crippen molar-refractivity contribution in [1.29, 1.82) is 0 Å². The number of aryl methyl sites for hydroxylation is 3. The number of rotatable bonds is 3. The monoisotopic (exact) mass is 247 g/mol. The molecule has 0 aliphatic rings. The number of benzene rings is 1. The molecule has 1 heterocycles. The van der Waals surface area contributed by atoms with Crippen LogP contribution in [0.5, 0.6) is 0 Å². The number of nitrogens with zero attached hydrogens (tertiary/aromatic N) is 2. The normalized spacial score (nSPS) is 10.8. The zero-order valence-corrected chi connectivity index (χ0v) is 11.2. The second kappa shape index (κ2) is 4.94. The third-order valence-electron chi connectivity index (χ3n) is 2.65. The van der Waals surface area contributed by atoms with Gasteiger partial charge in [0.25, 0.3) is 0 Å². The molecule has 2 aromatic rings. The molecule has 2 rings (SSSR count). The van der Waals surface area contributed by atoms with E-state index in [0.29, 0.717) is 6.54 Å². The maximum atomic E-state index is 5.63. The Bertz CT molecular complexity index is 531. The predicted molar refractivity (Wildman–Crippen MR) is 71.1 cm³/mol. The largest absolute Gasteiger partial charge is 0.326 e. The van der Waals surface area contributed by atoms with Gasteiger partial charge in [-0.2, -0.15) is 5.10 Å². The van der Waals surface area contributed by atoms with Crippen molar-refractivity contribution in [2.45, 2.75) is 30.3 Å². The molecule has 0 saturated carbocycles. The van der Waals surface area contributed by atoms with Crippen LogP contribution in [0, 0.1) is 13.8 Å². The smallest absolute Gasteiger partial charge is 0.0987 e. The average Bonchev–Trinajstić information content (AvgIpc) is 2.60. The summed E-state index contributed by atoms with van der Waals surface area (Å²) in [5.41, 5.74) is 9.11. The highest BCUT2D eigenvalue weighted by Crippen LogP contribution is 2.30. The van der Waals surface area contributed by atoms with Crippen LogP contribution in [0.3, 0.4) is 0 Å². The Hall–Kier alpha value is -1.26. The maximum absolute atomic E-state index is 5.63. The summed E-state index contributed by atoms with van der Waals surface area (Å²) in [6.07, 6.45) is 0. The van der Waals surface area contributed by atoms with Gasteiger partial charge >= 0.3 is 0 Å². The van der Waals surface area contributed by atoms with Crippen LogP contribution in [-0.2, 0) is 13.6 Å². The topological polar surface area (TPSA) is 43.8 Å². The zero-order chi connectivity index (χ0) is 12.4. The Morgan fingerprint density at radius 1 is 1.29 bits per heavy atom. The molecule has 2 N–H and O–H groups in total. The van der Waals surface area contributed by atoms with Crippen LogP contribution in [0.25, 0.3) is 0 Å². The highest BCUT2D eigenvalue weighted by molar-refractivity contribution is 7.99. The van der Waals surface area contributed by atoms with Crippen molar-refractivity contribution in [1.82, 2.24) is 9.78 Å². The van der Waals surface area contributed by atoms with Crippen molar-refractivity contribution in [2.75, 3.05) is 0 Å². The molecule has 90 valence electrons. The van der Waals surface area contributed by atoms with Crippen LogP contribution in [0.4, 0.5) is 0 Å².